The van der Waals surface area contributed by atoms with E-state index in [1.54, 1.807) is 0 Å². The first-order chi connectivity index (χ1) is 5.40. The van der Waals surface area contributed by atoms with Gasteiger partial charge in [-0.15, -0.1) is 11.8 Å². The van der Waals surface area contributed by atoms with Gasteiger partial charge in [0.2, 0.25) is 0 Å². The highest BCUT2D eigenvalue weighted by Gasteiger charge is 2.19. The van der Waals surface area contributed by atoms with Gasteiger partial charge in [0.05, 0.1) is 0 Å². The van der Waals surface area contributed by atoms with Crippen molar-refractivity contribution in [1.29, 1.82) is 0 Å². The number of hydrogen-bond donors (Lipinski definition) is 1. The van der Waals surface area contributed by atoms with Gasteiger partial charge in [-0.3, -0.25) is 0 Å². The Kier molecular flexibility index (Phi) is 2.14. The number of fused-ring (bicyclic) bond motifs is 1. The molecule has 1 aromatic carbocycles. The van der Waals surface area contributed by atoms with Gasteiger partial charge in [-0.05, 0) is 18.1 Å². The summed E-state index contributed by atoms with van der Waals surface area (Å²) in [6.45, 7) is 0. The molecule has 11 heavy (non-hydrogen) atoms. The molecule has 0 saturated carbocycles. The second-order valence-electron chi connectivity index (χ2n) is 2.73. The molecule has 2 rings (SSSR count). The molecule has 0 amide bonds. The van der Waals surface area contributed by atoms with Crippen molar-refractivity contribution in [2.24, 2.45) is 0 Å². The molecular formula is C9H10S2. The van der Waals surface area contributed by atoms with Crippen LogP contribution in [0, 0.1) is 0 Å². The van der Waals surface area contributed by atoms with Gasteiger partial charge >= 0.3 is 0 Å². The molecule has 0 N–H and O–H groups in total. The normalized spacial score (nSPS) is 21.7. The van der Waals surface area contributed by atoms with E-state index < -0.39 is 0 Å². The molecule has 0 radical (unpaired) electrons. The topological polar surface area (TPSA) is 0 Å². The van der Waals surface area contributed by atoms with Crippen molar-refractivity contribution < 1.29 is 0 Å². The molecule has 2 heteroatoms. The molecule has 0 spiro atoms. The molecule has 0 aromatic heterocycles. The van der Waals surface area contributed by atoms with Crippen LogP contribution >= 0.6 is 24.4 Å². The third-order valence-electron chi connectivity index (χ3n) is 1.92. The standard InChI is InChI=1S/C9H10S2/c10-6-8-5-7-3-1-2-4-9(7)11-8/h1-4,8,10H,5-6H2. The van der Waals surface area contributed by atoms with E-state index in [2.05, 4.69) is 36.9 Å². The highest BCUT2D eigenvalue weighted by molar-refractivity contribution is 8.01. The highest BCUT2D eigenvalue weighted by Crippen LogP contribution is 2.36. The molecule has 58 valence electrons. The first-order valence-corrected chi connectivity index (χ1v) is 5.27. The van der Waals surface area contributed by atoms with Crippen molar-refractivity contribution >= 4 is 24.4 Å². The second kappa shape index (κ2) is 3.11. The van der Waals surface area contributed by atoms with E-state index in [0.717, 1.165) is 5.75 Å². The first kappa shape index (κ1) is 7.56. The van der Waals surface area contributed by atoms with Crippen LogP contribution in [-0.4, -0.2) is 11.0 Å². The Morgan fingerprint density at radius 2 is 2.27 bits per heavy atom. The van der Waals surface area contributed by atoms with Crippen LogP contribution in [0.1, 0.15) is 5.56 Å². The van der Waals surface area contributed by atoms with Gasteiger partial charge in [-0.25, -0.2) is 0 Å². The minimum Gasteiger partial charge on any atom is -0.178 e. The third kappa shape index (κ3) is 1.42. The van der Waals surface area contributed by atoms with Crippen molar-refractivity contribution in [1.82, 2.24) is 0 Å². The second-order valence-corrected chi connectivity index (χ2v) is 4.44. The van der Waals surface area contributed by atoms with E-state index in [9.17, 15) is 0 Å². The summed E-state index contributed by atoms with van der Waals surface area (Å²) in [7, 11) is 0. The van der Waals surface area contributed by atoms with Gasteiger partial charge in [-0.2, -0.15) is 12.6 Å². The van der Waals surface area contributed by atoms with Gasteiger partial charge in [0, 0.05) is 15.9 Å². The summed E-state index contributed by atoms with van der Waals surface area (Å²) in [4.78, 5) is 1.45. The molecule has 0 nitrogen and oxygen atoms in total. The maximum atomic E-state index is 4.30. The van der Waals surface area contributed by atoms with Crippen LogP contribution in [0.2, 0.25) is 0 Å². The quantitative estimate of drug-likeness (QED) is 0.651. The number of rotatable bonds is 1. The van der Waals surface area contributed by atoms with Crippen molar-refractivity contribution in [3.63, 3.8) is 0 Å². The fourth-order valence-electron chi connectivity index (χ4n) is 1.36. The molecule has 1 aliphatic rings. The van der Waals surface area contributed by atoms with Crippen LogP contribution in [0.4, 0.5) is 0 Å². The lowest BCUT2D eigenvalue weighted by Gasteiger charge is -1.99. The fourth-order valence-corrected chi connectivity index (χ4v) is 2.86. The van der Waals surface area contributed by atoms with Gasteiger partial charge < -0.3 is 0 Å². The Labute approximate surface area is 76.8 Å². The summed E-state index contributed by atoms with van der Waals surface area (Å²) in [5.41, 5.74) is 1.50. The van der Waals surface area contributed by atoms with Crippen molar-refractivity contribution in [3.05, 3.63) is 29.8 Å². The molecule has 0 saturated heterocycles. The van der Waals surface area contributed by atoms with Crippen LogP contribution in [0.25, 0.3) is 0 Å². The Morgan fingerprint density at radius 1 is 1.45 bits per heavy atom. The van der Waals surface area contributed by atoms with E-state index in [0.29, 0.717) is 5.25 Å². The fraction of sp³-hybridized carbons (Fsp3) is 0.333. The summed E-state index contributed by atoms with van der Waals surface area (Å²) in [5.74, 6) is 0.985. The van der Waals surface area contributed by atoms with E-state index in [-0.39, 0.29) is 0 Å². The molecule has 1 aromatic rings. The van der Waals surface area contributed by atoms with Crippen molar-refractivity contribution in [2.45, 2.75) is 16.6 Å². The zero-order valence-electron chi connectivity index (χ0n) is 6.16. The van der Waals surface area contributed by atoms with E-state index in [1.165, 1.54) is 16.9 Å². The molecule has 0 bridgehead atoms. The van der Waals surface area contributed by atoms with Gasteiger partial charge in [-0.1, -0.05) is 18.2 Å². The summed E-state index contributed by atoms with van der Waals surface area (Å²) in [6, 6.07) is 8.63. The van der Waals surface area contributed by atoms with Gasteiger partial charge in [0.1, 0.15) is 0 Å². The monoisotopic (exact) mass is 182 g/mol. The van der Waals surface area contributed by atoms with Crippen LogP contribution in [-0.2, 0) is 6.42 Å². The summed E-state index contributed by atoms with van der Waals surface area (Å²) < 4.78 is 0. The van der Waals surface area contributed by atoms with Crippen LogP contribution in [0.3, 0.4) is 0 Å². The Bertz CT molecular complexity index is 232. The average molecular weight is 182 g/mol. The van der Waals surface area contributed by atoms with Crippen molar-refractivity contribution in [2.75, 3.05) is 5.75 Å². The number of thiol groups is 1. The van der Waals surface area contributed by atoms with E-state index in [1.807, 2.05) is 11.8 Å². The Hall–Kier alpha value is -0.0800. The SMILES string of the molecule is SCC1Cc2ccccc2S1. The predicted octanol–water partition coefficient (Wildman–Crippen LogP) is 2.63. The van der Waals surface area contributed by atoms with E-state index in [4.69, 9.17) is 0 Å². The third-order valence-corrected chi connectivity index (χ3v) is 3.92. The van der Waals surface area contributed by atoms with Gasteiger partial charge in [0.15, 0.2) is 0 Å². The zero-order chi connectivity index (χ0) is 7.68. The number of benzene rings is 1. The predicted molar refractivity (Wildman–Crippen MR) is 53.6 cm³/mol. The lowest BCUT2D eigenvalue weighted by Crippen LogP contribution is -2.00. The molecule has 1 atom stereocenters. The summed E-state index contributed by atoms with van der Waals surface area (Å²) in [5, 5.41) is 0.704. The van der Waals surface area contributed by atoms with Gasteiger partial charge in [0.25, 0.3) is 0 Å². The van der Waals surface area contributed by atoms with Crippen LogP contribution in [0.15, 0.2) is 29.2 Å². The lowest BCUT2D eigenvalue weighted by atomic mass is 10.1. The summed E-state index contributed by atoms with van der Waals surface area (Å²) in [6.07, 6.45) is 1.20. The smallest absolute Gasteiger partial charge is 0.0223 e. The van der Waals surface area contributed by atoms with Crippen LogP contribution in [0.5, 0.6) is 0 Å². The number of hydrogen-bond acceptors (Lipinski definition) is 2. The Morgan fingerprint density at radius 3 is 3.00 bits per heavy atom. The highest BCUT2D eigenvalue weighted by atomic mass is 32.2. The maximum Gasteiger partial charge on any atom is 0.0223 e. The minimum atomic E-state index is 0.704. The molecule has 1 unspecified atom stereocenters. The molecule has 0 fully saturated rings. The van der Waals surface area contributed by atoms with Crippen LogP contribution < -0.4 is 0 Å². The largest absolute Gasteiger partial charge is 0.178 e. The molecule has 0 aliphatic carbocycles. The van der Waals surface area contributed by atoms with E-state index >= 15 is 0 Å². The number of thioether (sulfide) groups is 1. The zero-order valence-corrected chi connectivity index (χ0v) is 7.87. The van der Waals surface area contributed by atoms with Crippen molar-refractivity contribution in [3.8, 4) is 0 Å². The minimum absolute atomic E-state index is 0.704. The summed E-state index contributed by atoms with van der Waals surface area (Å²) >= 11 is 6.26. The maximum absolute atomic E-state index is 4.30. The average Bonchev–Trinajstić information content (AvgIpc) is 2.46. The first-order valence-electron chi connectivity index (χ1n) is 3.75. The Balaban J connectivity index is 2.27. The molecule has 1 aliphatic heterocycles. The molecular weight excluding hydrogens is 172 g/mol. The molecule has 1 heterocycles. The lowest BCUT2D eigenvalue weighted by molar-refractivity contribution is 0.973.